The maximum absolute atomic E-state index is 5.65. The zero-order valence-electron chi connectivity index (χ0n) is 11.8. The third kappa shape index (κ3) is 4.15. The molecule has 2 aromatic heterocycles. The van der Waals surface area contributed by atoms with E-state index < -0.39 is 0 Å². The number of nitrogens with zero attached hydrogens (tertiary/aromatic N) is 2. The van der Waals surface area contributed by atoms with Crippen molar-refractivity contribution >= 4 is 28.2 Å². The van der Waals surface area contributed by atoms with E-state index in [9.17, 15) is 0 Å². The Balaban J connectivity index is 1.39. The van der Waals surface area contributed by atoms with Gasteiger partial charge >= 0.3 is 0 Å². The lowest BCUT2D eigenvalue weighted by Gasteiger charge is -2.22. The van der Waals surface area contributed by atoms with Gasteiger partial charge in [0, 0.05) is 12.8 Å². The Labute approximate surface area is 137 Å². The molecular formula is C15H19IN2O3. The van der Waals surface area contributed by atoms with Crippen LogP contribution >= 0.6 is 22.6 Å². The summed E-state index contributed by atoms with van der Waals surface area (Å²) in [5, 5.41) is 0. The zero-order valence-corrected chi connectivity index (χ0v) is 14.0. The van der Waals surface area contributed by atoms with Gasteiger partial charge in [0.15, 0.2) is 6.29 Å². The van der Waals surface area contributed by atoms with Gasteiger partial charge in [0.2, 0.25) is 0 Å². The Morgan fingerprint density at radius 1 is 1.38 bits per heavy atom. The van der Waals surface area contributed by atoms with Gasteiger partial charge in [-0.15, -0.1) is 0 Å². The number of hydrogen-bond acceptors (Lipinski definition) is 4. The van der Waals surface area contributed by atoms with Crippen LogP contribution in [-0.4, -0.2) is 35.5 Å². The number of fused-ring (bicyclic) bond motifs is 1. The zero-order chi connectivity index (χ0) is 14.5. The average Bonchev–Trinajstić information content (AvgIpc) is 2.89. The minimum absolute atomic E-state index is 0.0364. The van der Waals surface area contributed by atoms with E-state index in [0.717, 1.165) is 34.4 Å². The van der Waals surface area contributed by atoms with Crippen molar-refractivity contribution < 1.29 is 14.2 Å². The summed E-state index contributed by atoms with van der Waals surface area (Å²) >= 11 is 2.27. The van der Waals surface area contributed by atoms with E-state index in [1.54, 1.807) is 0 Å². The summed E-state index contributed by atoms with van der Waals surface area (Å²) in [5.74, 6) is 0. The molecular weight excluding hydrogens is 383 g/mol. The third-order valence-electron chi connectivity index (χ3n) is 3.47. The highest BCUT2D eigenvalue weighted by Crippen LogP contribution is 2.14. The lowest BCUT2D eigenvalue weighted by Crippen LogP contribution is -2.23. The Kier molecular flexibility index (Phi) is 5.45. The number of rotatable bonds is 6. The fourth-order valence-corrected chi connectivity index (χ4v) is 2.90. The largest absolute Gasteiger partial charge is 0.374 e. The van der Waals surface area contributed by atoms with Crippen LogP contribution in [0.25, 0.3) is 5.65 Å². The molecule has 1 fully saturated rings. The highest BCUT2D eigenvalue weighted by atomic mass is 127. The van der Waals surface area contributed by atoms with E-state index in [1.165, 1.54) is 6.42 Å². The Morgan fingerprint density at radius 2 is 2.33 bits per heavy atom. The number of ether oxygens (including phenoxy) is 3. The second-order valence-electron chi connectivity index (χ2n) is 5.06. The van der Waals surface area contributed by atoms with Crippen LogP contribution in [0.2, 0.25) is 0 Å². The van der Waals surface area contributed by atoms with Crippen molar-refractivity contribution in [3.63, 3.8) is 0 Å². The lowest BCUT2D eigenvalue weighted by molar-refractivity contribution is -0.169. The van der Waals surface area contributed by atoms with E-state index in [2.05, 4.69) is 33.6 Å². The van der Waals surface area contributed by atoms with Gasteiger partial charge in [-0.1, -0.05) is 0 Å². The molecule has 1 atom stereocenters. The Hall–Kier alpha value is -0.700. The Morgan fingerprint density at radius 3 is 3.19 bits per heavy atom. The van der Waals surface area contributed by atoms with Crippen LogP contribution in [0.5, 0.6) is 0 Å². The Bertz CT molecular complexity index is 581. The maximum atomic E-state index is 5.65. The van der Waals surface area contributed by atoms with Crippen molar-refractivity contribution in [1.82, 2.24) is 9.38 Å². The van der Waals surface area contributed by atoms with Gasteiger partial charge in [0.1, 0.15) is 9.35 Å². The molecule has 6 heteroatoms. The van der Waals surface area contributed by atoms with E-state index >= 15 is 0 Å². The smallest absolute Gasteiger partial charge is 0.157 e. The highest BCUT2D eigenvalue weighted by Gasteiger charge is 2.13. The van der Waals surface area contributed by atoms with E-state index in [4.69, 9.17) is 14.2 Å². The first-order valence-electron chi connectivity index (χ1n) is 7.25. The molecule has 1 unspecified atom stereocenters. The SMILES string of the molecule is Ic1cnc2cc(COCCOC3CCCCO3)ccn12. The first-order chi connectivity index (χ1) is 10.3. The summed E-state index contributed by atoms with van der Waals surface area (Å²) in [6.07, 6.45) is 7.18. The van der Waals surface area contributed by atoms with Crippen LogP contribution < -0.4 is 0 Å². The first-order valence-corrected chi connectivity index (χ1v) is 8.33. The van der Waals surface area contributed by atoms with Gasteiger partial charge in [0.25, 0.3) is 0 Å². The molecule has 0 saturated carbocycles. The van der Waals surface area contributed by atoms with Crippen LogP contribution in [0, 0.1) is 3.70 Å². The molecule has 3 heterocycles. The number of pyridine rings is 1. The van der Waals surface area contributed by atoms with Gasteiger partial charge in [-0.05, 0) is 59.5 Å². The fourth-order valence-electron chi connectivity index (χ4n) is 2.35. The molecule has 1 aliphatic heterocycles. The first kappa shape index (κ1) is 15.2. The van der Waals surface area contributed by atoms with Crippen molar-refractivity contribution in [1.29, 1.82) is 0 Å². The van der Waals surface area contributed by atoms with Gasteiger partial charge in [0.05, 0.1) is 26.0 Å². The van der Waals surface area contributed by atoms with Crippen molar-refractivity contribution in [3.05, 3.63) is 33.8 Å². The molecule has 1 saturated heterocycles. The minimum atomic E-state index is -0.0364. The van der Waals surface area contributed by atoms with Gasteiger partial charge in [-0.3, -0.25) is 4.40 Å². The normalized spacial score (nSPS) is 19.2. The second kappa shape index (κ2) is 7.53. The number of halogens is 1. The summed E-state index contributed by atoms with van der Waals surface area (Å²) in [6.45, 7) is 2.55. The van der Waals surface area contributed by atoms with Crippen molar-refractivity contribution in [2.45, 2.75) is 32.2 Å². The van der Waals surface area contributed by atoms with Gasteiger partial charge < -0.3 is 14.2 Å². The fraction of sp³-hybridized carbons (Fsp3) is 0.533. The molecule has 0 N–H and O–H groups in total. The number of aromatic nitrogens is 2. The summed E-state index contributed by atoms with van der Waals surface area (Å²) in [6, 6.07) is 4.11. The summed E-state index contributed by atoms with van der Waals surface area (Å²) < 4.78 is 19.9. The molecule has 3 rings (SSSR count). The quantitative estimate of drug-likeness (QED) is 0.551. The van der Waals surface area contributed by atoms with E-state index in [0.29, 0.717) is 19.8 Å². The van der Waals surface area contributed by atoms with Crippen LogP contribution in [0.1, 0.15) is 24.8 Å². The average molecular weight is 402 g/mol. The van der Waals surface area contributed by atoms with Crippen LogP contribution in [-0.2, 0) is 20.8 Å². The molecule has 0 aromatic carbocycles. The minimum Gasteiger partial charge on any atom is -0.374 e. The van der Waals surface area contributed by atoms with Crippen LogP contribution in [0.4, 0.5) is 0 Å². The molecule has 5 nitrogen and oxygen atoms in total. The number of hydrogen-bond donors (Lipinski definition) is 0. The lowest BCUT2D eigenvalue weighted by atomic mass is 10.2. The van der Waals surface area contributed by atoms with Crippen LogP contribution in [0.3, 0.4) is 0 Å². The van der Waals surface area contributed by atoms with E-state index in [-0.39, 0.29) is 6.29 Å². The maximum Gasteiger partial charge on any atom is 0.157 e. The highest BCUT2D eigenvalue weighted by molar-refractivity contribution is 14.1. The number of imidazole rings is 1. The molecule has 0 aliphatic carbocycles. The van der Waals surface area contributed by atoms with Crippen molar-refractivity contribution in [2.24, 2.45) is 0 Å². The third-order valence-corrected chi connectivity index (χ3v) is 4.27. The van der Waals surface area contributed by atoms with Crippen molar-refractivity contribution in [2.75, 3.05) is 19.8 Å². The van der Waals surface area contributed by atoms with Gasteiger partial charge in [-0.25, -0.2) is 4.98 Å². The van der Waals surface area contributed by atoms with Crippen molar-refractivity contribution in [3.8, 4) is 0 Å². The predicted octanol–water partition coefficient (Wildman–Crippen LogP) is 3.00. The summed E-state index contributed by atoms with van der Waals surface area (Å²) in [5.41, 5.74) is 2.07. The molecule has 21 heavy (non-hydrogen) atoms. The molecule has 0 radical (unpaired) electrons. The standard InChI is InChI=1S/C15H19IN2O3/c16-13-10-17-14-9-12(4-5-18(13)14)11-19-7-8-21-15-3-1-2-6-20-15/h4-5,9-10,15H,1-3,6-8,11H2. The van der Waals surface area contributed by atoms with Gasteiger partial charge in [-0.2, -0.15) is 0 Å². The monoisotopic (exact) mass is 402 g/mol. The predicted molar refractivity (Wildman–Crippen MR) is 87.1 cm³/mol. The molecule has 0 bridgehead atoms. The van der Waals surface area contributed by atoms with E-state index in [1.807, 2.05) is 22.9 Å². The second-order valence-corrected chi connectivity index (χ2v) is 6.17. The molecule has 0 spiro atoms. The summed E-state index contributed by atoms with van der Waals surface area (Å²) in [7, 11) is 0. The topological polar surface area (TPSA) is 45.0 Å². The molecule has 2 aromatic rings. The molecule has 0 amide bonds. The molecule has 114 valence electrons. The van der Waals surface area contributed by atoms with Crippen LogP contribution in [0.15, 0.2) is 24.5 Å². The summed E-state index contributed by atoms with van der Waals surface area (Å²) in [4.78, 5) is 4.34. The molecule has 1 aliphatic rings.